The Morgan fingerprint density at radius 1 is 1.37 bits per heavy atom. The van der Waals surface area contributed by atoms with Crippen molar-refractivity contribution in [2.75, 3.05) is 20.1 Å². The average Bonchev–Trinajstić information content (AvgIpc) is 2.84. The van der Waals surface area contributed by atoms with Crippen molar-refractivity contribution in [3.8, 4) is 0 Å². The molecule has 1 aromatic heterocycles. The van der Waals surface area contributed by atoms with Crippen LogP contribution in [0.2, 0.25) is 0 Å². The zero-order valence-corrected chi connectivity index (χ0v) is 12.6. The van der Waals surface area contributed by atoms with Gasteiger partial charge in [0.2, 0.25) is 5.91 Å². The lowest BCUT2D eigenvalue weighted by atomic mass is 10.0. The number of hydrogen-bond donors (Lipinski definition) is 0. The molecule has 2 rings (SSSR count). The Kier molecular flexibility index (Phi) is 4.29. The Labute approximate surface area is 120 Å². The van der Waals surface area contributed by atoms with Gasteiger partial charge >= 0.3 is 0 Å². The standard InChI is InChI=1S/C13H17BrN2O3/c1-9(17)15(2)10-5-7-16(8-6-10)13(18)11-3-4-12(14)19-11/h3-4,10H,5-8H2,1-2H3. The van der Waals surface area contributed by atoms with E-state index in [9.17, 15) is 9.59 Å². The average molecular weight is 329 g/mol. The number of nitrogens with zero attached hydrogens (tertiary/aromatic N) is 2. The van der Waals surface area contributed by atoms with Gasteiger partial charge in [-0.3, -0.25) is 9.59 Å². The van der Waals surface area contributed by atoms with Gasteiger partial charge in [-0.15, -0.1) is 0 Å². The summed E-state index contributed by atoms with van der Waals surface area (Å²) in [6.45, 7) is 2.87. The molecule has 1 aromatic rings. The van der Waals surface area contributed by atoms with Gasteiger partial charge in [0, 0.05) is 33.1 Å². The van der Waals surface area contributed by atoms with E-state index < -0.39 is 0 Å². The topological polar surface area (TPSA) is 53.8 Å². The minimum Gasteiger partial charge on any atom is -0.444 e. The van der Waals surface area contributed by atoms with Crippen molar-refractivity contribution in [1.82, 2.24) is 9.80 Å². The maximum atomic E-state index is 12.2. The Morgan fingerprint density at radius 3 is 2.47 bits per heavy atom. The first-order valence-corrected chi connectivity index (χ1v) is 7.06. The predicted molar refractivity (Wildman–Crippen MR) is 73.8 cm³/mol. The molecule has 1 aliphatic heterocycles. The number of likely N-dealkylation sites (tertiary alicyclic amines) is 1. The van der Waals surface area contributed by atoms with Crippen molar-refractivity contribution in [3.63, 3.8) is 0 Å². The lowest BCUT2D eigenvalue weighted by Gasteiger charge is -2.36. The third-order valence-electron chi connectivity index (χ3n) is 3.58. The maximum absolute atomic E-state index is 12.2. The van der Waals surface area contributed by atoms with Gasteiger partial charge in [-0.25, -0.2) is 0 Å². The van der Waals surface area contributed by atoms with Crippen LogP contribution < -0.4 is 0 Å². The predicted octanol–water partition coefficient (Wildman–Crippen LogP) is 2.12. The number of carbonyl (C=O) groups is 2. The highest BCUT2D eigenvalue weighted by Crippen LogP contribution is 2.20. The summed E-state index contributed by atoms with van der Waals surface area (Å²) >= 11 is 3.19. The van der Waals surface area contributed by atoms with Gasteiger partial charge in [0.15, 0.2) is 10.4 Å². The lowest BCUT2D eigenvalue weighted by molar-refractivity contribution is -0.130. The molecule has 0 aromatic carbocycles. The number of hydrogen-bond acceptors (Lipinski definition) is 3. The van der Waals surface area contributed by atoms with Crippen LogP contribution in [0.3, 0.4) is 0 Å². The minimum absolute atomic E-state index is 0.0692. The Hall–Kier alpha value is -1.30. The third-order valence-corrected chi connectivity index (χ3v) is 4.01. The second-order valence-electron chi connectivity index (χ2n) is 4.76. The molecule has 19 heavy (non-hydrogen) atoms. The van der Waals surface area contributed by atoms with Gasteiger partial charge in [-0.1, -0.05) is 0 Å². The Balaban J connectivity index is 1.93. The molecule has 1 fully saturated rings. The van der Waals surface area contributed by atoms with Crippen LogP contribution in [0.25, 0.3) is 0 Å². The fourth-order valence-electron chi connectivity index (χ4n) is 2.30. The van der Waals surface area contributed by atoms with E-state index in [0.29, 0.717) is 23.5 Å². The molecule has 104 valence electrons. The normalized spacial score (nSPS) is 16.5. The maximum Gasteiger partial charge on any atom is 0.289 e. The van der Waals surface area contributed by atoms with Crippen molar-refractivity contribution in [1.29, 1.82) is 0 Å². The van der Waals surface area contributed by atoms with Crippen LogP contribution in [0.4, 0.5) is 0 Å². The van der Waals surface area contributed by atoms with Crippen molar-refractivity contribution in [2.24, 2.45) is 0 Å². The summed E-state index contributed by atoms with van der Waals surface area (Å²) in [5.41, 5.74) is 0. The van der Waals surface area contributed by atoms with E-state index in [4.69, 9.17) is 4.42 Å². The van der Waals surface area contributed by atoms with E-state index in [0.717, 1.165) is 12.8 Å². The van der Waals surface area contributed by atoms with Gasteiger partial charge in [0.25, 0.3) is 5.91 Å². The van der Waals surface area contributed by atoms with E-state index in [1.54, 1.807) is 28.9 Å². The summed E-state index contributed by atoms with van der Waals surface area (Å²) in [4.78, 5) is 27.0. The molecule has 0 bridgehead atoms. The van der Waals surface area contributed by atoms with Crippen LogP contribution in [-0.2, 0) is 4.79 Å². The van der Waals surface area contributed by atoms with Crippen LogP contribution in [0.15, 0.2) is 21.2 Å². The molecule has 1 aliphatic rings. The molecule has 0 radical (unpaired) electrons. The number of rotatable bonds is 2. The second-order valence-corrected chi connectivity index (χ2v) is 5.54. The Morgan fingerprint density at radius 2 is 2.00 bits per heavy atom. The molecule has 2 amide bonds. The summed E-state index contributed by atoms with van der Waals surface area (Å²) in [5, 5.41) is 0. The first kappa shape index (κ1) is 14.1. The smallest absolute Gasteiger partial charge is 0.289 e. The minimum atomic E-state index is -0.0883. The molecule has 0 saturated carbocycles. The molecule has 1 saturated heterocycles. The van der Waals surface area contributed by atoms with Gasteiger partial charge in [-0.05, 0) is 40.9 Å². The number of carbonyl (C=O) groups excluding carboxylic acids is 2. The van der Waals surface area contributed by atoms with Crippen LogP contribution in [0.5, 0.6) is 0 Å². The lowest BCUT2D eigenvalue weighted by Crippen LogP contribution is -2.46. The quantitative estimate of drug-likeness (QED) is 0.835. The van der Waals surface area contributed by atoms with E-state index >= 15 is 0 Å². The first-order chi connectivity index (χ1) is 8.99. The fraction of sp³-hybridized carbons (Fsp3) is 0.538. The molecule has 0 spiro atoms. The monoisotopic (exact) mass is 328 g/mol. The van der Waals surface area contributed by atoms with E-state index in [1.165, 1.54) is 0 Å². The molecule has 0 N–H and O–H groups in total. The summed E-state index contributed by atoms with van der Waals surface area (Å²) in [5.74, 6) is 0.333. The summed E-state index contributed by atoms with van der Waals surface area (Å²) in [6, 6.07) is 3.61. The van der Waals surface area contributed by atoms with Gasteiger partial charge < -0.3 is 14.2 Å². The number of furan rings is 1. The highest BCUT2D eigenvalue weighted by atomic mass is 79.9. The van der Waals surface area contributed by atoms with Crippen molar-refractivity contribution in [3.05, 3.63) is 22.6 Å². The van der Waals surface area contributed by atoms with Crippen LogP contribution in [0, 0.1) is 0 Å². The highest BCUT2D eigenvalue weighted by molar-refractivity contribution is 9.10. The molecule has 6 heteroatoms. The summed E-state index contributed by atoms with van der Waals surface area (Å²) in [6.07, 6.45) is 1.62. The van der Waals surface area contributed by atoms with E-state index in [2.05, 4.69) is 15.9 Å². The van der Waals surface area contributed by atoms with E-state index in [-0.39, 0.29) is 17.9 Å². The largest absolute Gasteiger partial charge is 0.444 e. The fourth-order valence-corrected chi connectivity index (χ4v) is 2.60. The second kappa shape index (κ2) is 5.77. The SMILES string of the molecule is CC(=O)N(C)C1CCN(C(=O)c2ccc(Br)o2)CC1. The molecular weight excluding hydrogens is 312 g/mol. The zero-order chi connectivity index (χ0) is 14.0. The van der Waals surface area contributed by atoms with Crippen LogP contribution >= 0.6 is 15.9 Å². The molecule has 2 heterocycles. The summed E-state index contributed by atoms with van der Waals surface area (Å²) in [7, 11) is 1.81. The van der Waals surface area contributed by atoms with Crippen LogP contribution in [-0.4, -0.2) is 47.8 Å². The van der Waals surface area contributed by atoms with E-state index in [1.807, 2.05) is 7.05 Å². The van der Waals surface area contributed by atoms with Gasteiger partial charge in [-0.2, -0.15) is 0 Å². The van der Waals surface area contributed by atoms with Gasteiger partial charge in [0.05, 0.1) is 0 Å². The first-order valence-electron chi connectivity index (χ1n) is 6.27. The number of piperidine rings is 1. The van der Waals surface area contributed by atoms with Crippen molar-refractivity contribution < 1.29 is 14.0 Å². The van der Waals surface area contributed by atoms with Crippen LogP contribution in [0.1, 0.15) is 30.3 Å². The number of amides is 2. The van der Waals surface area contributed by atoms with Gasteiger partial charge in [0.1, 0.15) is 0 Å². The Bertz CT molecular complexity index is 478. The third kappa shape index (κ3) is 3.18. The number of halogens is 1. The molecule has 0 atom stereocenters. The molecule has 0 unspecified atom stereocenters. The summed E-state index contributed by atoms with van der Waals surface area (Å²) < 4.78 is 5.83. The van der Waals surface area contributed by atoms with Crippen molar-refractivity contribution in [2.45, 2.75) is 25.8 Å². The molecule has 0 aliphatic carbocycles. The molecule has 5 nitrogen and oxygen atoms in total. The highest BCUT2D eigenvalue weighted by Gasteiger charge is 2.27. The zero-order valence-electron chi connectivity index (χ0n) is 11.1. The molecular formula is C13H17BrN2O3. The van der Waals surface area contributed by atoms with Crippen molar-refractivity contribution >= 4 is 27.7 Å².